The van der Waals surface area contributed by atoms with Crippen molar-refractivity contribution in [1.82, 2.24) is 0 Å². The minimum absolute atomic E-state index is 0.239. The van der Waals surface area contributed by atoms with Crippen LogP contribution in [-0.2, 0) is 6.18 Å². The van der Waals surface area contributed by atoms with Gasteiger partial charge in [0.15, 0.2) is 0 Å². The summed E-state index contributed by atoms with van der Waals surface area (Å²) in [5.74, 6) is -5.51. The molecule has 0 saturated heterocycles. The normalized spacial score (nSPS) is 15.3. The number of hydrogen-bond acceptors (Lipinski definition) is 1. The average molecular weight is 328 g/mol. The van der Waals surface area contributed by atoms with Crippen LogP contribution in [0, 0.1) is 0 Å². The Labute approximate surface area is 112 Å². The third-order valence-electron chi connectivity index (χ3n) is 2.42. The Morgan fingerprint density at radius 3 is 1.85 bits per heavy atom. The van der Waals surface area contributed by atoms with Gasteiger partial charge in [0, 0.05) is 5.02 Å². The maximum absolute atomic E-state index is 13.0. The van der Waals surface area contributed by atoms with Crippen molar-refractivity contribution in [1.29, 1.82) is 0 Å². The molecule has 0 fully saturated rings. The molecule has 1 aromatic carbocycles. The molecule has 114 valence electrons. The van der Waals surface area contributed by atoms with E-state index in [4.69, 9.17) is 17.3 Å². The Bertz CT molecular complexity index is 493. The van der Waals surface area contributed by atoms with Gasteiger partial charge in [-0.25, -0.2) is 0 Å². The molecule has 2 N–H and O–H groups in total. The molecule has 0 radical (unpaired) electrons. The van der Waals surface area contributed by atoms with E-state index >= 15 is 0 Å². The summed E-state index contributed by atoms with van der Waals surface area (Å²) >= 11 is 5.28. The predicted molar refractivity (Wildman–Crippen MR) is 54.4 cm³/mol. The molecule has 0 bridgehead atoms. The maximum atomic E-state index is 13.0. The zero-order chi connectivity index (χ0) is 15.9. The summed E-state index contributed by atoms with van der Waals surface area (Å²) in [7, 11) is 0. The van der Waals surface area contributed by atoms with Gasteiger partial charge < -0.3 is 5.73 Å². The summed E-state index contributed by atoms with van der Waals surface area (Å²) in [4.78, 5) is 0. The fourth-order valence-electron chi connectivity index (χ4n) is 1.42. The molecule has 0 aliphatic carbocycles. The molecule has 0 aromatic heterocycles. The van der Waals surface area contributed by atoms with E-state index in [1.54, 1.807) is 0 Å². The molecule has 1 aromatic rings. The van der Waals surface area contributed by atoms with Crippen molar-refractivity contribution >= 4 is 11.6 Å². The Balaban J connectivity index is 3.41. The van der Waals surface area contributed by atoms with Gasteiger partial charge in [-0.15, -0.1) is 0 Å². The molecule has 0 aliphatic rings. The fourth-order valence-corrected chi connectivity index (χ4v) is 1.59. The van der Waals surface area contributed by atoms with Crippen molar-refractivity contribution in [2.45, 2.75) is 24.3 Å². The Morgan fingerprint density at radius 1 is 0.950 bits per heavy atom. The second-order valence-corrected chi connectivity index (χ2v) is 4.26. The molecule has 20 heavy (non-hydrogen) atoms. The van der Waals surface area contributed by atoms with E-state index in [1.165, 1.54) is 0 Å². The molecular weight excluding hydrogens is 322 g/mol. The maximum Gasteiger partial charge on any atom is 0.455 e. The fraction of sp³-hybridized carbons (Fsp3) is 0.400. The quantitative estimate of drug-likeness (QED) is 0.792. The first-order chi connectivity index (χ1) is 8.78. The van der Waals surface area contributed by atoms with Gasteiger partial charge in [0.25, 0.3) is 0 Å². The van der Waals surface area contributed by atoms with Crippen LogP contribution in [0.4, 0.5) is 35.1 Å². The van der Waals surface area contributed by atoms with Crippen LogP contribution in [0.2, 0.25) is 5.02 Å². The van der Waals surface area contributed by atoms with E-state index in [0.717, 1.165) is 6.07 Å². The first-order valence-electron chi connectivity index (χ1n) is 4.85. The number of rotatable bonds is 2. The molecule has 0 amide bonds. The largest absolute Gasteiger partial charge is 0.455 e. The van der Waals surface area contributed by atoms with Crippen LogP contribution in [0.5, 0.6) is 0 Å². The van der Waals surface area contributed by atoms with E-state index in [2.05, 4.69) is 0 Å². The molecule has 0 saturated carbocycles. The highest BCUT2D eigenvalue weighted by Crippen LogP contribution is 2.46. The highest BCUT2D eigenvalue weighted by Gasteiger charge is 2.62. The monoisotopic (exact) mass is 327 g/mol. The molecule has 0 heterocycles. The molecule has 1 nitrogen and oxygen atoms in total. The Hall–Kier alpha value is -1.09. The van der Waals surface area contributed by atoms with Gasteiger partial charge in [0.2, 0.25) is 0 Å². The summed E-state index contributed by atoms with van der Waals surface area (Å²) in [6.45, 7) is 0. The minimum Gasteiger partial charge on any atom is -0.319 e. The van der Waals surface area contributed by atoms with Crippen molar-refractivity contribution < 1.29 is 35.1 Å². The molecule has 1 rings (SSSR count). The summed E-state index contributed by atoms with van der Waals surface area (Å²) in [5.41, 5.74) is 1.57. The third kappa shape index (κ3) is 3.14. The van der Waals surface area contributed by atoms with Crippen LogP contribution in [-0.4, -0.2) is 12.1 Å². The first kappa shape index (κ1) is 17.0. The Morgan fingerprint density at radius 2 is 1.45 bits per heavy atom. The number of halogens is 9. The molecule has 0 unspecified atom stereocenters. The van der Waals surface area contributed by atoms with Crippen LogP contribution in [0.3, 0.4) is 0 Å². The molecule has 10 heteroatoms. The van der Waals surface area contributed by atoms with Crippen molar-refractivity contribution in [2.24, 2.45) is 5.73 Å². The lowest BCUT2D eigenvalue weighted by Gasteiger charge is -2.27. The zero-order valence-corrected chi connectivity index (χ0v) is 10.0. The van der Waals surface area contributed by atoms with Gasteiger partial charge in [-0.2, -0.15) is 35.1 Å². The molecule has 1 atom stereocenters. The lowest BCUT2D eigenvalue weighted by molar-refractivity contribution is -0.291. The summed E-state index contributed by atoms with van der Waals surface area (Å²) < 4.78 is 100. The van der Waals surface area contributed by atoms with Crippen molar-refractivity contribution in [3.05, 3.63) is 34.3 Å². The molecule has 0 aliphatic heterocycles. The number of benzene rings is 1. The van der Waals surface area contributed by atoms with Gasteiger partial charge in [0.05, 0.1) is 5.56 Å². The van der Waals surface area contributed by atoms with Crippen LogP contribution in [0.15, 0.2) is 18.2 Å². The standard InChI is InChI=1S/C10H6ClF8N/c11-4-1-2-5(6(3-4)9(14,15)16)7(20)8(12,13)10(17,18)19/h1-3,7H,20H2/t7-/m0/s1. The SMILES string of the molecule is N[C@@H](c1ccc(Cl)cc1C(F)(F)F)C(F)(F)C(F)(F)F. The zero-order valence-electron chi connectivity index (χ0n) is 9.29. The summed E-state index contributed by atoms with van der Waals surface area (Å²) in [6, 6.07) is -1.81. The smallest absolute Gasteiger partial charge is 0.319 e. The average Bonchev–Trinajstić information content (AvgIpc) is 2.25. The highest BCUT2D eigenvalue weighted by atomic mass is 35.5. The lowest BCUT2D eigenvalue weighted by atomic mass is 9.95. The van der Waals surface area contributed by atoms with Crippen LogP contribution < -0.4 is 5.73 Å². The first-order valence-corrected chi connectivity index (χ1v) is 5.23. The number of hydrogen-bond donors (Lipinski definition) is 1. The van der Waals surface area contributed by atoms with Gasteiger partial charge in [0.1, 0.15) is 6.04 Å². The van der Waals surface area contributed by atoms with E-state index < -0.39 is 40.5 Å². The highest BCUT2D eigenvalue weighted by molar-refractivity contribution is 6.30. The second kappa shape index (κ2) is 5.03. The van der Waals surface area contributed by atoms with Crippen molar-refractivity contribution in [2.75, 3.05) is 0 Å². The number of nitrogens with two attached hydrogens (primary N) is 1. The Kier molecular flexibility index (Phi) is 4.27. The van der Waals surface area contributed by atoms with Crippen molar-refractivity contribution in [3.8, 4) is 0 Å². The summed E-state index contributed by atoms with van der Waals surface area (Å²) in [5, 5.41) is -0.469. The number of alkyl halides is 8. The molecular formula is C10H6ClF8N. The van der Waals surface area contributed by atoms with Gasteiger partial charge in [-0.05, 0) is 17.7 Å². The van der Waals surface area contributed by atoms with E-state index in [-0.39, 0.29) is 6.07 Å². The lowest BCUT2D eigenvalue weighted by Crippen LogP contribution is -2.46. The predicted octanol–water partition coefficient (Wildman–Crippen LogP) is 4.56. The van der Waals surface area contributed by atoms with Crippen LogP contribution in [0.25, 0.3) is 0 Å². The topological polar surface area (TPSA) is 26.0 Å². The van der Waals surface area contributed by atoms with Gasteiger partial charge in [-0.1, -0.05) is 17.7 Å². The van der Waals surface area contributed by atoms with Gasteiger partial charge >= 0.3 is 18.3 Å². The van der Waals surface area contributed by atoms with E-state index in [1.807, 2.05) is 0 Å². The van der Waals surface area contributed by atoms with Crippen molar-refractivity contribution in [3.63, 3.8) is 0 Å². The second-order valence-electron chi connectivity index (χ2n) is 3.83. The summed E-state index contributed by atoms with van der Waals surface area (Å²) in [6.07, 6.45) is -11.2. The van der Waals surface area contributed by atoms with Crippen LogP contribution >= 0.6 is 11.6 Å². The van der Waals surface area contributed by atoms with E-state index in [0.29, 0.717) is 6.07 Å². The molecule has 0 spiro atoms. The van der Waals surface area contributed by atoms with E-state index in [9.17, 15) is 35.1 Å². The van der Waals surface area contributed by atoms with Gasteiger partial charge in [-0.3, -0.25) is 0 Å². The third-order valence-corrected chi connectivity index (χ3v) is 2.66. The minimum atomic E-state index is -6.07. The van der Waals surface area contributed by atoms with Crippen LogP contribution in [0.1, 0.15) is 17.2 Å².